The van der Waals surface area contributed by atoms with Crippen molar-refractivity contribution in [3.8, 4) is 0 Å². The molecule has 98 valence electrons. The second-order valence-electron chi connectivity index (χ2n) is 6.24. The first-order chi connectivity index (χ1) is 8.73. The Morgan fingerprint density at radius 3 is 3.11 bits per heavy atom. The van der Waals surface area contributed by atoms with Gasteiger partial charge in [0, 0.05) is 25.2 Å². The molecule has 4 aliphatic rings. The zero-order valence-electron chi connectivity index (χ0n) is 10.6. The van der Waals surface area contributed by atoms with E-state index in [1.165, 1.54) is 12.8 Å². The van der Waals surface area contributed by atoms with Crippen LogP contribution >= 0.6 is 0 Å². The smallest absolute Gasteiger partial charge is 0.115 e. The van der Waals surface area contributed by atoms with Crippen molar-refractivity contribution in [2.24, 2.45) is 10.8 Å². The molecule has 1 saturated heterocycles. The second-order valence-corrected chi connectivity index (χ2v) is 6.24. The number of piperidine rings is 1. The molecule has 2 fully saturated rings. The largest absolute Gasteiger partial charge is 0.378 e. The maximum absolute atomic E-state index is 6.05. The molecule has 4 rings (SSSR count). The van der Waals surface area contributed by atoms with E-state index >= 15 is 0 Å². The Bertz CT molecular complexity index is 420. The Morgan fingerprint density at radius 2 is 2.28 bits per heavy atom. The van der Waals surface area contributed by atoms with Crippen molar-refractivity contribution in [2.45, 2.75) is 48.8 Å². The number of hydrazone groups is 1. The van der Waals surface area contributed by atoms with Gasteiger partial charge in [-0.15, -0.1) is 0 Å². The summed E-state index contributed by atoms with van der Waals surface area (Å²) in [7, 11) is 0. The van der Waals surface area contributed by atoms with Crippen LogP contribution in [0.3, 0.4) is 0 Å². The Labute approximate surface area is 107 Å². The number of likely N-dealkylation sites (tertiary alicyclic amines) is 1. The number of rotatable bonds is 1. The predicted molar refractivity (Wildman–Crippen MR) is 71.2 cm³/mol. The normalized spacial score (nSPS) is 49.8. The minimum Gasteiger partial charge on any atom is -0.378 e. The van der Waals surface area contributed by atoms with Gasteiger partial charge in [0.1, 0.15) is 11.1 Å². The summed E-state index contributed by atoms with van der Waals surface area (Å²) >= 11 is 0. The first kappa shape index (κ1) is 10.8. The molecular weight excluding hydrogens is 226 g/mol. The highest BCUT2D eigenvalue weighted by atomic mass is 15.4. The van der Waals surface area contributed by atoms with E-state index in [-0.39, 0.29) is 11.1 Å². The second kappa shape index (κ2) is 3.48. The summed E-state index contributed by atoms with van der Waals surface area (Å²) in [4.78, 5) is 2.62. The van der Waals surface area contributed by atoms with E-state index in [4.69, 9.17) is 5.73 Å². The fraction of sp³-hybridized carbons (Fsp3) is 0.769. The van der Waals surface area contributed by atoms with Crippen molar-refractivity contribution in [1.82, 2.24) is 15.6 Å². The van der Waals surface area contributed by atoms with Crippen LogP contribution in [0.5, 0.6) is 0 Å². The van der Waals surface area contributed by atoms with Gasteiger partial charge in [0.25, 0.3) is 0 Å². The van der Waals surface area contributed by atoms with Gasteiger partial charge in [-0.1, -0.05) is 0 Å². The van der Waals surface area contributed by atoms with Crippen LogP contribution in [0, 0.1) is 0 Å². The number of hydrogen-bond donors (Lipinski definition) is 3. The van der Waals surface area contributed by atoms with Crippen molar-refractivity contribution < 1.29 is 0 Å². The molecule has 0 aromatic rings. The number of nitrogens with two attached hydrogens (primary N) is 1. The molecule has 3 aliphatic heterocycles. The summed E-state index contributed by atoms with van der Waals surface area (Å²) in [5, 5.41) is 7.83. The van der Waals surface area contributed by atoms with Crippen LogP contribution in [-0.2, 0) is 0 Å². The lowest BCUT2D eigenvalue weighted by Gasteiger charge is -2.48. The highest BCUT2D eigenvalue weighted by Crippen LogP contribution is 2.40. The van der Waals surface area contributed by atoms with Gasteiger partial charge in [0.2, 0.25) is 0 Å². The summed E-state index contributed by atoms with van der Waals surface area (Å²) in [6, 6.07) is 1.08. The molecule has 0 aromatic heterocycles. The maximum Gasteiger partial charge on any atom is 0.115 e. The predicted octanol–water partition coefficient (Wildman–Crippen LogP) is -0.245. The molecule has 3 unspecified atom stereocenters. The monoisotopic (exact) mass is 247 g/mol. The van der Waals surface area contributed by atoms with Crippen molar-refractivity contribution in [2.75, 3.05) is 13.1 Å². The van der Waals surface area contributed by atoms with E-state index in [1.54, 1.807) is 0 Å². The van der Waals surface area contributed by atoms with E-state index in [0.29, 0.717) is 12.1 Å². The van der Waals surface area contributed by atoms with Crippen molar-refractivity contribution in [3.63, 3.8) is 0 Å². The van der Waals surface area contributed by atoms with Crippen molar-refractivity contribution >= 4 is 6.21 Å². The van der Waals surface area contributed by atoms with E-state index < -0.39 is 0 Å². The molecule has 0 bridgehead atoms. The first-order valence-electron chi connectivity index (χ1n) is 7.00. The van der Waals surface area contributed by atoms with Gasteiger partial charge in [-0.25, -0.2) is 0 Å². The Hall–Kier alpha value is -1.07. The molecule has 0 aromatic carbocycles. The first-order valence-corrected chi connectivity index (χ1v) is 7.00. The lowest BCUT2D eigenvalue weighted by molar-refractivity contribution is 0.0823. The SMILES string of the molecule is NC1CC[C@@H](N2CCC34C=NNC3(C=CN4)C2)C1. The van der Waals surface area contributed by atoms with Gasteiger partial charge in [-0.05, 0) is 38.0 Å². The van der Waals surface area contributed by atoms with Crippen LogP contribution in [-0.4, -0.2) is 47.4 Å². The Morgan fingerprint density at radius 1 is 1.33 bits per heavy atom. The molecular formula is C13H21N5. The minimum absolute atomic E-state index is 0.0181. The van der Waals surface area contributed by atoms with Crippen LogP contribution in [0.4, 0.5) is 0 Å². The topological polar surface area (TPSA) is 65.7 Å². The molecule has 18 heavy (non-hydrogen) atoms. The minimum atomic E-state index is -0.0298. The molecule has 3 heterocycles. The van der Waals surface area contributed by atoms with E-state index in [0.717, 1.165) is 25.9 Å². The lowest BCUT2D eigenvalue weighted by Crippen LogP contribution is -2.69. The van der Waals surface area contributed by atoms with Gasteiger partial charge < -0.3 is 11.1 Å². The third-order valence-corrected chi connectivity index (χ3v) is 5.26. The molecule has 0 radical (unpaired) electrons. The van der Waals surface area contributed by atoms with E-state index in [1.807, 2.05) is 0 Å². The van der Waals surface area contributed by atoms with Crippen LogP contribution < -0.4 is 16.5 Å². The molecule has 1 saturated carbocycles. The molecule has 4 atom stereocenters. The summed E-state index contributed by atoms with van der Waals surface area (Å²) in [5.41, 5.74) is 9.37. The highest BCUT2D eigenvalue weighted by molar-refractivity contribution is 5.78. The highest BCUT2D eigenvalue weighted by Gasteiger charge is 2.58. The average molecular weight is 247 g/mol. The van der Waals surface area contributed by atoms with Gasteiger partial charge in [-0.3, -0.25) is 10.3 Å². The fourth-order valence-corrected chi connectivity index (χ4v) is 4.10. The summed E-state index contributed by atoms with van der Waals surface area (Å²) in [6.45, 7) is 2.18. The summed E-state index contributed by atoms with van der Waals surface area (Å²) < 4.78 is 0. The van der Waals surface area contributed by atoms with Gasteiger partial charge in [-0.2, -0.15) is 5.10 Å². The molecule has 4 N–H and O–H groups in total. The number of nitrogens with zero attached hydrogens (tertiary/aromatic N) is 2. The van der Waals surface area contributed by atoms with E-state index in [9.17, 15) is 0 Å². The summed E-state index contributed by atoms with van der Waals surface area (Å²) in [5.74, 6) is 0. The average Bonchev–Trinajstić information content (AvgIpc) is 2.99. The molecule has 0 spiro atoms. The van der Waals surface area contributed by atoms with Crippen molar-refractivity contribution in [1.29, 1.82) is 0 Å². The van der Waals surface area contributed by atoms with Gasteiger partial charge in [0.15, 0.2) is 0 Å². The summed E-state index contributed by atoms with van der Waals surface area (Å²) in [6.07, 6.45) is 11.1. The fourth-order valence-electron chi connectivity index (χ4n) is 4.10. The van der Waals surface area contributed by atoms with Crippen molar-refractivity contribution in [3.05, 3.63) is 12.3 Å². The third kappa shape index (κ3) is 1.26. The standard InChI is InChI=1S/C13H21N5/c14-10-1-2-11(7-10)18-6-4-12-8-16-17-13(12,9-18)3-5-15-12/h3,5,8,10-11,15,17H,1-2,4,6-7,9,14H2/t10?,11-,12?,13?/m1/s1. The van der Waals surface area contributed by atoms with Gasteiger partial charge in [0.05, 0.1) is 6.21 Å². The number of nitrogens with one attached hydrogen (secondary N) is 2. The lowest BCUT2D eigenvalue weighted by atomic mass is 9.75. The Balaban J connectivity index is 1.57. The zero-order valence-corrected chi connectivity index (χ0v) is 10.6. The quantitative estimate of drug-likeness (QED) is 0.598. The molecule has 5 heteroatoms. The van der Waals surface area contributed by atoms with Crippen LogP contribution in [0.15, 0.2) is 17.4 Å². The molecule has 5 nitrogen and oxygen atoms in total. The van der Waals surface area contributed by atoms with Crippen LogP contribution in [0.1, 0.15) is 25.7 Å². The van der Waals surface area contributed by atoms with E-state index in [2.05, 4.69) is 39.2 Å². The van der Waals surface area contributed by atoms with Crippen LogP contribution in [0.25, 0.3) is 0 Å². The molecule has 0 amide bonds. The Kier molecular flexibility index (Phi) is 2.09. The zero-order chi connectivity index (χ0) is 12.2. The van der Waals surface area contributed by atoms with Gasteiger partial charge >= 0.3 is 0 Å². The maximum atomic E-state index is 6.05. The number of hydrogen-bond acceptors (Lipinski definition) is 5. The third-order valence-electron chi connectivity index (χ3n) is 5.26. The van der Waals surface area contributed by atoms with Crippen LogP contribution in [0.2, 0.25) is 0 Å². The molecule has 1 aliphatic carbocycles.